The van der Waals surface area contributed by atoms with E-state index in [1.54, 1.807) is 26.0 Å². The molecule has 0 spiro atoms. The normalized spacial score (nSPS) is 15.1. The summed E-state index contributed by atoms with van der Waals surface area (Å²) in [5, 5.41) is 10.4. The van der Waals surface area contributed by atoms with Crippen LogP contribution in [0.2, 0.25) is 0 Å². The van der Waals surface area contributed by atoms with Gasteiger partial charge in [-0.15, -0.1) is 3.89 Å². The molecule has 0 radical (unpaired) electrons. The average molecular weight is 580 g/mol. The third kappa shape index (κ3) is 5.80. The Balaban J connectivity index is 1.81. The lowest BCUT2D eigenvalue weighted by Crippen LogP contribution is -2.66. The molecule has 0 fully saturated rings. The second-order valence-electron chi connectivity index (χ2n) is 11.1. The van der Waals surface area contributed by atoms with Gasteiger partial charge in [0.1, 0.15) is 18.0 Å². The fourth-order valence-corrected chi connectivity index (χ4v) is 7.96. The number of carboxylic acids is 1. The molecule has 3 aromatic carbocycles. The molecule has 3 aromatic rings. The van der Waals surface area contributed by atoms with E-state index in [2.05, 4.69) is 0 Å². The lowest BCUT2D eigenvalue weighted by Gasteiger charge is -2.38. The zero-order valence-corrected chi connectivity index (χ0v) is 24.6. The van der Waals surface area contributed by atoms with Crippen molar-refractivity contribution in [3.05, 3.63) is 89.5 Å². The molecule has 1 aliphatic rings. The quantitative estimate of drug-likeness (QED) is 0.209. The van der Waals surface area contributed by atoms with Crippen molar-refractivity contribution in [1.29, 1.82) is 0 Å². The number of nitrogens with zero attached hydrogens (tertiary/aromatic N) is 1. The topological polar surface area (TPSA) is 124 Å². The smallest absolute Gasteiger partial charge is 0.477 e. The Hall–Kier alpha value is -3.53. The highest BCUT2D eigenvalue weighted by Crippen LogP contribution is 2.45. The highest BCUT2D eigenvalue weighted by atomic mass is 32.2. The number of hydrogen-bond donors (Lipinski definition) is 2. The minimum absolute atomic E-state index is 0.0471. The average Bonchev–Trinajstić information content (AvgIpc) is 3.26. The zero-order valence-electron chi connectivity index (χ0n) is 23.8. The number of quaternary nitrogens is 1. The summed E-state index contributed by atoms with van der Waals surface area (Å²) in [7, 11) is -4.57. The van der Waals surface area contributed by atoms with E-state index < -0.39 is 32.0 Å². The van der Waals surface area contributed by atoms with Gasteiger partial charge in [-0.3, -0.25) is 0 Å². The van der Waals surface area contributed by atoms with Crippen molar-refractivity contribution >= 4 is 22.1 Å². The largest absolute Gasteiger partial charge is 0.532 e. The molecule has 9 heteroatoms. The molecule has 8 nitrogen and oxygen atoms in total. The highest BCUT2D eigenvalue weighted by Gasteiger charge is 2.60. The minimum Gasteiger partial charge on any atom is -0.477 e. The number of carbonyl (C=O) groups excluding carboxylic acids is 1. The van der Waals surface area contributed by atoms with Crippen molar-refractivity contribution < 1.29 is 31.7 Å². The number of fused-ring (bicyclic) bond motifs is 3. The van der Waals surface area contributed by atoms with E-state index in [9.17, 15) is 23.1 Å². The number of sulfonamides is 1. The van der Waals surface area contributed by atoms with Crippen molar-refractivity contribution in [2.75, 3.05) is 19.7 Å². The summed E-state index contributed by atoms with van der Waals surface area (Å²) in [6, 6.07) is 20.2. The summed E-state index contributed by atoms with van der Waals surface area (Å²) in [6.45, 7) is 5.31. The Labute approximate surface area is 242 Å². The molecule has 0 aliphatic heterocycles. The van der Waals surface area contributed by atoms with Crippen LogP contribution < -0.4 is 5.73 Å². The first-order chi connectivity index (χ1) is 19.5. The van der Waals surface area contributed by atoms with E-state index in [1.807, 2.05) is 55.5 Å². The molecular formula is C32H39N2O6S+. The first kappa shape index (κ1) is 30.4. The number of nitrogens with two attached hydrogens (primary N) is 1. The summed E-state index contributed by atoms with van der Waals surface area (Å²) < 4.78 is 33.6. The van der Waals surface area contributed by atoms with Crippen LogP contribution >= 0.6 is 0 Å². The first-order valence-corrected chi connectivity index (χ1v) is 15.5. The van der Waals surface area contributed by atoms with E-state index in [1.165, 1.54) is 12.1 Å². The lowest BCUT2D eigenvalue weighted by molar-refractivity contribution is -0.755. The maximum atomic E-state index is 14.5. The highest BCUT2D eigenvalue weighted by molar-refractivity contribution is 7.86. The monoisotopic (exact) mass is 579 g/mol. The van der Waals surface area contributed by atoms with Gasteiger partial charge in [0.05, 0.1) is 0 Å². The number of carbonyl (C=O) groups is 2. The van der Waals surface area contributed by atoms with Crippen molar-refractivity contribution in [1.82, 2.24) is 0 Å². The molecule has 0 saturated heterocycles. The summed E-state index contributed by atoms with van der Waals surface area (Å²) in [5.41, 5.74) is 10.5. The number of amides is 1. The maximum absolute atomic E-state index is 14.5. The van der Waals surface area contributed by atoms with Crippen molar-refractivity contribution in [2.24, 2.45) is 11.7 Å². The van der Waals surface area contributed by atoms with Crippen LogP contribution in [0.5, 0.6) is 0 Å². The number of carboxylic acid groups (broad SMARTS) is 1. The third-order valence-corrected chi connectivity index (χ3v) is 10.0. The van der Waals surface area contributed by atoms with Crippen LogP contribution in [0.4, 0.5) is 4.79 Å². The molecule has 0 aromatic heterocycles. The summed E-state index contributed by atoms with van der Waals surface area (Å²) in [4.78, 5) is 27.0. The summed E-state index contributed by atoms with van der Waals surface area (Å²) in [6.07, 6.45) is -0.276. The van der Waals surface area contributed by atoms with Gasteiger partial charge >= 0.3 is 22.1 Å². The van der Waals surface area contributed by atoms with Crippen LogP contribution in [0.15, 0.2) is 77.7 Å². The Bertz CT molecular complexity index is 1460. The molecule has 2 unspecified atom stereocenters. The molecule has 0 heterocycles. The molecule has 3 N–H and O–H groups in total. The van der Waals surface area contributed by atoms with Gasteiger partial charge in [0, 0.05) is 18.3 Å². The molecule has 4 rings (SSSR count). The number of aryl methyl sites for hydroxylation is 1. The lowest BCUT2D eigenvalue weighted by atomic mass is 9.98. The SMILES string of the molecule is Cc1ccc(S(=O)(=O)[N+](CC(C)C)(C(=O)OCC2c3ccccc3-c3ccccc32)C(CCCCN)C(=O)O)cc1. The van der Waals surface area contributed by atoms with E-state index in [0.29, 0.717) is 19.4 Å². The minimum atomic E-state index is -4.57. The number of ether oxygens (including phenoxy) is 1. The number of unbranched alkanes of at least 4 members (excludes halogenated alkanes) is 1. The number of benzene rings is 3. The van der Waals surface area contributed by atoms with E-state index in [-0.39, 0.29) is 36.3 Å². The van der Waals surface area contributed by atoms with E-state index >= 15 is 0 Å². The van der Waals surface area contributed by atoms with Crippen molar-refractivity contribution in [3.63, 3.8) is 0 Å². The van der Waals surface area contributed by atoms with Gasteiger partial charge in [0.15, 0.2) is 0 Å². The van der Waals surface area contributed by atoms with Crippen LogP contribution in [0.25, 0.3) is 11.1 Å². The predicted octanol–water partition coefficient (Wildman–Crippen LogP) is 5.69. The van der Waals surface area contributed by atoms with Gasteiger partial charge in [0.2, 0.25) is 6.04 Å². The standard InChI is InChI=1S/C32H38N2O6S/c1-22(2)20-34(30(31(35)36)14-8-9-19-33,41(38,39)24-17-15-23(3)16-18-24)32(37)40-21-29-27-12-6-4-10-25(27)26-11-5-7-13-28(26)29/h4-7,10-13,15-18,22,29-30H,8-9,14,19-21,33H2,1-3H3/p+1. The Morgan fingerprint density at radius 3 is 2.00 bits per heavy atom. The van der Waals surface area contributed by atoms with Crippen LogP contribution in [0.3, 0.4) is 0 Å². The Morgan fingerprint density at radius 1 is 0.927 bits per heavy atom. The molecule has 0 bridgehead atoms. The fraction of sp³-hybridized carbons (Fsp3) is 0.375. The van der Waals surface area contributed by atoms with Gasteiger partial charge in [-0.25, -0.2) is 4.79 Å². The molecule has 1 aliphatic carbocycles. The fourth-order valence-electron chi connectivity index (χ4n) is 5.83. The van der Waals surface area contributed by atoms with Crippen LogP contribution in [-0.2, 0) is 19.6 Å². The van der Waals surface area contributed by atoms with Crippen LogP contribution in [0.1, 0.15) is 55.7 Å². The summed E-state index contributed by atoms with van der Waals surface area (Å²) >= 11 is 0. The predicted molar refractivity (Wildman–Crippen MR) is 158 cm³/mol. The molecule has 218 valence electrons. The van der Waals surface area contributed by atoms with E-state index in [4.69, 9.17) is 10.5 Å². The van der Waals surface area contributed by atoms with Crippen LogP contribution in [0, 0.1) is 12.8 Å². The Morgan fingerprint density at radius 2 is 1.49 bits per heavy atom. The second kappa shape index (κ2) is 12.5. The van der Waals surface area contributed by atoms with Crippen LogP contribution in [-0.4, -0.2) is 55.2 Å². The number of hydrogen-bond acceptors (Lipinski definition) is 6. The van der Waals surface area contributed by atoms with E-state index in [0.717, 1.165) is 27.8 Å². The van der Waals surface area contributed by atoms with Gasteiger partial charge < -0.3 is 15.6 Å². The summed E-state index contributed by atoms with van der Waals surface area (Å²) in [5.74, 6) is -2.02. The second-order valence-corrected chi connectivity index (χ2v) is 13.2. The number of rotatable bonds is 12. The third-order valence-electron chi connectivity index (χ3n) is 7.75. The van der Waals surface area contributed by atoms with Crippen molar-refractivity contribution in [2.45, 2.75) is 56.9 Å². The first-order valence-electron chi connectivity index (χ1n) is 14.0. The van der Waals surface area contributed by atoms with Gasteiger partial charge in [-0.1, -0.05) is 80.1 Å². The zero-order chi connectivity index (χ0) is 29.8. The molecule has 1 amide bonds. The molecule has 0 saturated carbocycles. The maximum Gasteiger partial charge on any atom is 0.532 e. The molecular weight excluding hydrogens is 540 g/mol. The van der Waals surface area contributed by atoms with Gasteiger partial charge in [-0.05, 0) is 60.7 Å². The van der Waals surface area contributed by atoms with Crippen molar-refractivity contribution in [3.8, 4) is 11.1 Å². The van der Waals surface area contributed by atoms with Gasteiger partial charge in [0.25, 0.3) is 0 Å². The number of aliphatic carboxylic acids is 1. The van der Waals surface area contributed by atoms with Gasteiger partial charge in [-0.2, -0.15) is 13.2 Å². The Kier molecular flexibility index (Phi) is 9.31. The molecule has 2 atom stereocenters. The molecule has 41 heavy (non-hydrogen) atoms.